The third-order valence-corrected chi connectivity index (χ3v) is 4.74. The van der Waals surface area contributed by atoms with Crippen LogP contribution in [-0.2, 0) is 4.79 Å². The highest BCUT2D eigenvalue weighted by molar-refractivity contribution is 5.76. The second-order valence-electron chi connectivity index (χ2n) is 7.53. The number of benzene rings is 1. The van der Waals surface area contributed by atoms with Crippen LogP contribution >= 0.6 is 0 Å². The van der Waals surface area contributed by atoms with E-state index in [-0.39, 0.29) is 11.9 Å². The third kappa shape index (κ3) is 6.69. The molecule has 0 radical (unpaired) electrons. The summed E-state index contributed by atoms with van der Waals surface area (Å²) >= 11 is 0. The van der Waals surface area contributed by atoms with Gasteiger partial charge in [-0.1, -0.05) is 39.0 Å². The van der Waals surface area contributed by atoms with Crippen molar-refractivity contribution in [1.29, 1.82) is 0 Å². The molecular formula is C21H34N2O2. The molecule has 1 fully saturated rings. The van der Waals surface area contributed by atoms with Gasteiger partial charge in [-0.25, -0.2) is 0 Å². The zero-order valence-corrected chi connectivity index (χ0v) is 16.0. The lowest BCUT2D eigenvalue weighted by atomic mass is 9.95. The lowest BCUT2D eigenvalue weighted by molar-refractivity contribution is -0.122. The Balaban J connectivity index is 2.01. The summed E-state index contributed by atoms with van der Waals surface area (Å²) in [7, 11) is 0. The normalized spacial score (nSPS) is 18.3. The number of carbonyl (C=O) groups is 1. The molecule has 1 aliphatic rings. The van der Waals surface area contributed by atoms with Crippen molar-refractivity contribution in [3.63, 3.8) is 0 Å². The van der Waals surface area contributed by atoms with Crippen LogP contribution in [0.5, 0.6) is 5.75 Å². The molecule has 0 saturated carbocycles. The minimum Gasteiger partial charge on any atom is -0.493 e. The third-order valence-electron chi connectivity index (χ3n) is 4.74. The molecule has 25 heavy (non-hydrogen) atoms. The van der Waals surface area contributed by atoms with Gasteiger partial charge in [0.15, 0.2) is 0 Å². The fourth-order valence-corrected chi connectivity index (χ4v) is 3.41. The van der Waals surface area contributed by atoms with E-state index in [9.17, 15) is 4.79 Å². The van der Waals surface area contributed by atoms with Crippen molar-refractivity contribution in [2.24, 2.45) is 11.8 Å². The van der Waals surface area contributed by atoms with E-state index in [1.165, 1.54) is 6.42 Å². The summed E-state index contributed by atoms with van der Waals surface area (Å²) in [6.07, 6.45) is 4.67. The first-order valence-electron chi connectivity index (χ1n) is 9.82. The first-order chi connectivity index (χ1) is 12.1. The molecule has 2 N–H and O–H groups in total. The topological polar surface area (TPSA) is 50.4 Å². The Morgan fingerprint density at radius 1 is 1.36 bits per heavy atom. The molecule has 1 aliphatic heterocycles. The summed E-state index contributed by atoms with van der Waals surface area (Å²) in [6.45, 7) is 9.33. The summed E-state index contributed by atoms with van der Waals surface area (Å²) < 4.78 is 5.91. The molecule has 1 amide bonds. The van der Waals surface area contributed by atoms with Crippen molar-refractivity contribution in [2.75, 3.05) is 19.7 Å². The summed E-state index contributed by atoms with van der Waals surface area (Å²) in [5.74, 6) is 2.20. The maximum absolute atomic E-state index is 12.5. The van der Waals surface area contributed by atoms with Crippen molar-refractivity contribution < 1.29 is 9.53 Å². The maximum Gasteiger partial charge on any atom is 0.220 e. The predicted octanol–water partition coefficient (Wildman–Crippen LogP) is 4.07. The van der Waals surface area contributed by atoms with E-state index in [4.69, 9.17) is 4.74 Å². The number of amides is 1. The Bertz CT molecular complexity index is 524. The van der Waals surface area contributed by atoms with Crippen LogP contribution < -0.4 is 15.4 Å². The smallest absolute Gasteiger partial charge is 0.220 e. The van der Waals surface area contributed by atoms with E-state index < -0.39 is 0 Å². The van der Waals surface area contributed by atoms with E-state index in [1.807, 2.05) is 18.2 Å². The molecule has 1 saturated heterocycles. The van der Waals surface area contributed by atoms with E-state index in [1.54, 1.807) is 0 Å². The summed E-state index contributed by atoms with van der Waals surface area (Å²) in [4.78, 5) is 12.5. The SMILES string of the molecule is CCCOc1ccccc1C(CC(C)C)NC(=O)CCC1CCNC1. The Labute approximate surface area is 152 Å². The lowest BCUT2D eigenvalue weighted by Gasteiger charge is -2.24. The summed E-state index contributed by atoms with van der Waals surface area (Å²) in [6, 6.07) is 8.13. The van der Waals surface area contributed by atoms with Gasteiger partial charge in [-0.15, -0.1) is 0 Å². The van der Waals surface area contributed by atoms with Crippen LogP contribution in [0.1, 0.15) is 64.5 Å². The van der Waals surface area contributed by atoms with Gasteiger partial charge in [-0.3, -0.25) is 4.79 Å². The minimum atomic E-state index is 0.0160. The average Bonchev–Trinajstić information content (AvgIpc) is 3.11. The number of carbonyl (C=O) groups excluding carboxylic acids is 1. The first kappa shape index (κ1) is 19.8. The predicted molar refractivity (Wildman–Crippen MR) is 103 cm³/mol. The molecule has 0 spiro atoms. The summed E-state index contributed by atoms with van der Waals surface area (Å²) in [5.41, 5.74) is 1.10. The van der Waals surface area contributed by atoms with Crippen molar-refractivity contribution in [2.45, 2.75) is 58.9 Å². The standard InChI is InChI=1S/C21H34N2O2/c1-4-13-25-20-8-6-5-7-18(20)19(14-16(2)3)23-21(24)10-9-17-11-12-22-15-17/h5-8,16-17,19,22H,4,9-15H2,1-3H3,(H,23,24). The molecule has 4 heteroatoms. The molecule has 0 aromatic heterocycles. The molecule has 0 aliphatic carbocycles. The zero-order chi connectivity index (χ0) is 18.1. The van der Waals surface area contributed by atoms with Crippen LogP contribution in [0.3, 0.4) is 0 Å². The van der Waals surface area contributed by atoms with Crippen LogP contribution in [-0.4, -0.2) is 25.6 Å². The van der Waals surface area contributed by atoms with Gasteiger partial charge in [0.2, 0.25) is 5.91 Å². The van der Waals surface area contributed by atoms with Gasteiger partial charge in [0, 0.05) is 12.0 Å². The molecule has 2 rings (SSSR count). The van der Waals surface area contributed by atoms with Crippen molar-refractivity contribution >= 4 is 5.91 Å². The molecule has 1 aromatic rings. The zero-order valence-electron chi connectivity index (χ0n) is 16.0. The lowest BCUT2D eigenvalue weighted by Crippen LogP contribution is -2.30. The van der Waals surface area contributed by atoms with Crippen molar-refractivity contribution in [3.05, 3.63) is 29.8 Å². The van der Waals surface area contributed by atoms with Crippen LogP contribution in [0, 0.1) is 11.8 Å². The van der Waals surface area contributed by atoms with Crippen molar-refractivity contribution in [3.8, 4) is 5.75 Å². The van der Waals surface area contributed by atoms with Gasteiger partial charge < -0.3 is 15.4 Å². The van der Waals surface area contributed by atoms with Crippen LogP contribution in [0.25, 0.3) is 0 Å². The Morgan fingerprint density at radius 3 is 2.84 bits per heavy atom. The van der Waals surface area contributed by atoms with Gasteiger partial charge >= 0.3 is 0 Å². The van der Waals surface area contributed by atoms with Crippen LogP contribution in [0.2, 0.25) is 0 Å². The molecular weight excluding hydrogens is 312 g/mol. The van der Waals surface area contributed by atoms with Gasteiger partial charge in [-0.2, -0.15) is 0 Å². The van der Waals surface area contributed by atoms with Gasteiger partial charge in [0.1, 0.15) is 5.75 Å². The fourth-order valence-electron chi connectivity index (χ4n) is 3.41. The largest absolute Gasteiger partial charge is 0.493 e. The number of para-hydroxylation sites is 1. The number of hydrogen-bond acceptors (Lipinski definition) is 3. The number of rotatable bonds is 10. The fraction of sp³-hybridized carbons (Fsp3) is 0.667. The number of ether oxygens (including phenoxy) is 1. The molecule has 1 aromatic carbocycles. The van der Waals surface area contributed by atoms with Gasteiger partial charge in [-0.05, 0) is 56.7 Å². The molecule has 2 atom stereocenters. The van der Waals surface area contributed by atoms with Gasteiger partial charge in [0.05, 0.1) is 12.6 Å². The average molecular weight is 347 g/mol. The minimum absolute atomic E-state index is 0.0160. The molecule has 1 heterocycles. The van der Waals surface area contributed by atoms with E-state index in [2.05, 4.69) is 37.5 Å². The van der Waals surface area contributed by atoms with E-state index in [0.717, 1.165) is 43.7 Å². The first-order valence-corrected chi connectivity index (χ1v) is 9.82. The monoisotopic (exact) mass is 346 g/mol. The van der Waals surface area contributed by atoms with Crippen molar-refractivity contribution in [1.82, 2.24) is 10.6 Å². The molecule has 4 nitrogen and oxygen atoms in total. The number of hydrogen-bond donors (Lipinski definition) is 2. The van der Waals surface area contributed by atoms with Crippen LogP contribution in [0.4, 0.5) is 0 Å². The Morgan fingerprint density at radius 2 is 2.16 bits per heavy atom. The maximum atomic E-state index is 12.5. The Kier molecular flexibility index (Phi) is 8.26. The highest BCUT2D eigenvalue weighted by Crippen LogP contribution is 2.30. The molecule has 0 bridgehead atoms. The van der Waals surface area contributed by atoms with E-state index in [0.29, 0.717) is 24.9 Å². The second-order valence-corrected chi connectivity index (χ2v) is 7.53. The molecule has 2 unspecified atom stereocenters. The highest BCUT2D eigenvalue weighted by Gasteiger charge is 2.21. The number of nitrogens with one attached hydrogen (secondary N) is 2. The Hall–Kier alpha value is -1.55. The quantitative estimate of drug-likeness (QED) is 0.671. The molecule has 140 valence electrons. The van der Waals surface area contributed by atoms with E-state index >= 15 is 0 Å². The summed E-state index contributed by atoms with van der Waals surface area (Å²) in [5, 5.41) is 6.63. The van der Waals surface area contributed by atoms with Gasteiger partial charge in [0.25, 0.3) is 0 Å². The highest BCUT2D eigenvalue weighted by atomic mass is 16.5. The second kappa shape index (κ2) is 10.4. The van der Waals surface area contributed by atoms with Crippen LogP contribution in [0.15, 0.2) is 24.3 Å².